The molecule has 3 N–H and O–H groups in total. The fourth-order valence-corrected chi connectivity index (χ4v) is 2.20. The highest BCUT2D eigenvalue weighted by Crippen LogP contribution is 2.07. The van der Waals surface area contributed by atoms with Crippen LogP contribution in [-0.4, -0.2) is 68.2 Å². The van der Waals surface area contributed by atoms with Crippen LogP contribution in [0, 0.1) is 0 Å². The maximum Gasteiger partial charge on any atom is 0.407 e. The number of hydrogen-bond acceptors (Lipinski definition) is 4. The Kier molecular flexibility index (Phi) is 16.2. The molecule has 1 unspecified atom stereocenters. The number of carbonyl (C=O) groups is 2. The van der Waals surface area contributed by atoms with Crippen molar-refractivity contribution in [3.8, 4) is 0 Å². The largest absolute Gasteiger partial charge is 0.444 e. The second kappa shape index (κ2) is 15.6. The van der Waals surface area contributed by atoms with E-state index >= 15 is 0 Å². The van der Waals surface area contributed by atoms with E-state index in [4.69, 9.17) is 4.74 Å². The van der Waals surface area contributed by atoms with E-state index in [1.807, 2.05) is 27.7 Å². The summed E-state index contributed by atoms with van der Waals surface area (Å²) in [5.41, 5.74) is -0.522. The molecule has 166 valence electrons. The molecule has 1 atom stereocenters. The Balaban J connectivity index is 0. The molecule has 0 aromatic rings. The normalized spacial score (nSPS) is 12.5. The molecule has 8 nitrogen and oxygen atoms in total. The van der Waals surface area contributed by atoms with Crippen LogP contribution < -0.4 is 16.0 Å². The van der Waals surface area contributed by atoms with Gasteiger partial charge in [-0.2, -0.15) is 0 Å². The number of unbranched alkanes of at least 4 members (excludes halogenated alkanes) is 1. The third-order valence-corrected chi connectivity index (χ3v) is 3.58. The highest BCUT2D eigenvalue weighted by atomic mass is 127. The van der Waals surface area contributed by atoms with Crippen LogP contribution in [-0.2, 0) is 9.53 Å². The zero-order valence-electron chi connectivity index (χ0n) is 18.6. The zero-order valence-corrected chi connectivity index (χ0v) is 20.9. The average Bonchev–Trinajstić information content (AvgIpc) is 2.55. The number of rotatable bonds is 10. The third-order valence-electron chi connectivity index (χ3n) is 3.58. The molecule has 0 spiro atoms. The topological polar surface area (TPSA) is 95.1 Å². The number of nitrogens with zero attached hydrogens (tertiary/aromatic N) is 2. The predicted octanol–water partition coefficient (Wildman–Crippen LogP) is 2.72. The van der Waals surface area contributed by atoms with Crippen LogP contribution in [0.2, 0.25) is 0 Å². The lowest BCUT2D eigenvalue weighted by Gasteiger charge is -2.24. The van der Waals surface area contributed by atoms with Crippen molar-refractivity contribution in [1.29, 1.82) is 0 Å². The zero-order chi connectivity index (χ0) is 20.9. The van der Waals surface area contributed by atoms with Gasteiger partial charge in [0.05, 0.1) is 6.54 Å². The number of nitrogens with one attached hydrogen (secondary N) is 3. The Morgan fingerprint density at radius 3 is 2.29 bits per heavy atom. The molecule has 2 amide bonds. The van der Waals surface area contributed by atoms with Gasteiger partial charge in [0.2, 0.25) is 5.91 Å². The van der Waals surface area contributed by atoms with Gasteiger partial charge in [-0.05, 0) is 34.1 Å². The molecule has 0 aliphatic carbocycles. The fraction of sp³-hybridized carbons (Fsp3) is 0.842. The number of ether oxygens (including phenoxy) is 1. The van der Waals surface area contributed by atoms with Gasteiger partial charge in [-0.15, -0.1) is 24.0 Å². The first-order valence-electron chi connectivity index (χ1n) is 9.80. The van der Waals surface area contributed by atoms with Crippen molar-refractivity contribution in [3.05, 3.63) is 0 Å². The van der Waals surface area contributed by atoms with Crippen LogP contribution in [0.1, 0.15) is 60.3 Å². The molecule has 0 saturated carbocycles. The lowest BCUT2D eigenvalue weighted by Crippen LogP contribution is -2.49. The summed E-state index contributed by atoms with van der Waals surface area (Å²) < 4.78 is 5.29. The van der Waals surface area contributed by atoms with E-state index in [1.165, 1.54) is 0 Å². The maximum atomic E-state index is 11.9. The Morgan fingerprint density at radius 1 is 1.14 bits per heavy atom. The molecule has 0 aliphatic rings. The quantitative estimate of drug-likeness (QED) is 0.237. The van der Waals surface area contributed by atoms with Crippen LogP contribution in [0.3, 0.4) is 0 Å². The molecule has 0 radical (unpaired) electrons. The van der Waals surface area contributed by atoms with E-state index in [0.717, 1.165) is 19.3 Å². The summed E-state index contributed by atoms with van der Waals surface area (Å²) in [5.74, 6) is 0.694. The third kappa shape index (κ3) is 15.8. The molecule has 0 bridgehead atoms. The number of hydrogen-bond donors (Lipinski definition) is 3. The number of carbonyl (C=O) groups excluding carboxylic acids is 2. The first-order valence-corrected chi connectivity index (χ1v) is 9.80. The van der Waals surface area contributed by atoms with Crippen LogP contribution in [0.4, 0.5) is 4.79 Å². The lowest BCUT2D eigenvalue weighted by atomic mass is 10.1. The molecule has 0 saturated heterocycles. The lowest BCUT2D eigenvalue weighted by molar-refractivity contribution is -0.128. The summed E-state index contributed by atoms with van der Waals surface area (Å²) in [5, 5.41) is 9.36. The highest BCUT2D eigenvalue weighted by Gasteiger charge is 2.18. The summed E-state index contributed by atoms with van der Waals surface area (Å²) >= 11 is 0. The van der Waals surface area contributed by atoms with Gasteiger partial charge >= 0.3 is 6.09 Å². The van der Waals surface area contributed by atoms with Crippen LogP contribution in [0.5, 0.6) is 0 Å². The molecule has 0 aliphatic heterocycles. The molecule has 0 fully saturated rings. The van der Waals surface area contributed by atoms with E-state index in [1.54, 1.807) is 19.0 Å². The Hall–Kier alpha value is -1.26. The Labute approximate surface area is 187 Å². The summed E-state index contributed by atoms with van der Waals surface area (Å²) in [4.78, 5) is 29.6. The molecule has 0 rings (SSSR count). The number of amides is 2. The van der Waals surface area contributed by atoms with Gasteiger partial charge in [0.25, 0.3) is 0 Å². The second-order valence-electron chi connectivity index (χ2n) is 7.67. The maximum absolute atomic E-state index is 11.9. The van der Waals surface area contributed by atoms with Crippen LogP contribution in [0.15, 0.2) is 4.99 Å². The van der Waals surface area contributed by atoms with Crippen molar-refractivity contribution in [2.24, 2.45) is 4.99 Å². The Bertz CT molecular complexity index is 479. The predicted molar refractivity (Wildman–Crippen MR) is 125 cm³/mol. The SMILES string of the molecule is CCCCC(CNC(=O)OC(C)(C)C)NC(=NCCC(=O)N(C)C)NCC.I. The first-order chi connectivity index (χ1) is 12.6. The van der Waals surface area contributed by atoms with Crippen LogP contribution >= 0.6 is 24.0 Å². The minimum atomic E-state index is -0.522. The monoisotopic (exact) mass is 513 g/mol. The first kappa shape index (κ1) is 28.9. The summed E-state index contributed by atoms with van der Waals surface area (Å²) in [7, 11) is 3.47. The van der Waals surface area contributed by atoms with Gasteiger partial charge in [0, 0.05) is 39.6 Å². The molecular formula is C19H40IN5O3. The molecule has 0 aromatic heterocycles. The average molecular weight is 513 g/mol. The van der Waals surface area contributed by atoms with Gasteiger partial charge in [0.15, 0.2) is 5.96 Å². The standard InChI is InChI=1S/C19H39N5O3.HI/c1-8-10-11-15(14-22-18(26)27-19(3,4)5)23-17(20-9-2)21-13-12-16(25)24(6)7;/h15H,8-14H2,1-7H3,(H,22,26)(H2,20,21,23);1H. The van der Waals surface area contributed by atoms with Gasteiger partial charge < -0.3 is 25.6 Å². The van der Waals surface area contributed by atoms with Crippen LogP contribution in [0.25, 0.3) is 0 Å². The van der Waals surface area contributed by atoms with Gasteiger partial charge in [-0.25, -0.2) is 4.79 Å². The number of aliphatic imine (C=N–C) groups is 1. The van der Waals surface area contributed by atoms with Gasteiger partial charge in [-0.1, -0.05) is 19.8 Å². The number of halogens is 1. The minimum Gasteiger partial charge on any atom is -0.444 e. The minimum absolute atomic E-state index is 0. The van der Waals surface area contributed by atoms with Gasteiger partial charge in [0.1, 0.15) is 5.60 Å². The smallest absolute Gasteiger partial charge is 0.407 e. The van der Waals surface area contributed by atoms with E-state index < -0.39 is 11.7 Å². The van der Waals surface area contributed by atoms with Crippen molar-refractivity contribution < 1.29 is 14.3 Å². The summed E-state index contributed by atoms with van der Waals surface area (Å²) in [6, 6.07) is 0.0276. The van der Waals surface area contributed by atoms with E-state index in [2.05, 4.69) is 27.9 Å². The van der Waals surface area contributed by atoms with Crippen molar-refractivity contribution in [3.63, 3.8) is 0 Å². The van der Waals surface area contributed by atoms with E-state index in [9.17, 15) is 9.59 Å². The van der Waals surface area contributed by atoms with E-state index in [0.29, 0.717) is 32.0 Å². The molecule has 28 heavy (non-hydrogen) atoms. The van der Waals surface area contributed by atoms with Crippen molar-refractivity contribution in [1.82, 2.24) is 20.9 Å². The summed E-state index contributed by atoms with van der Waals surface area (Å²) in [6.07, 6.45) is 2.93. The van der Waals surface area contributed by atoms with Crippen molar-refractivity contribution in [2.45, 2.75) is 71.9 Å². The molecule has 0 heterocycles. The van der Waals surface area contributed by atoms with Gasteiger partial charge in [-0.3, -0.25) is 9.79 Å². The summed E-state index contributed by atoms with van der Waals surface area (Å²) in [6.45, 7) is 11.2. The fourth-order valence-electron chi connectivity index (χ4n) is 2.20. The number of guanidine groups is 1. The molecule has 9 heteroatoms. The number of alkyl carbamates (subject to hydrolysis) is 1. The molecule has 0 aromatic carbocycles. The van der Waals surface area contributed by atoms with Crippen molar-refractivity contribution >= 4 is 41.9 Å². The Morgan fingerprint density at radius 2 is 1.79 bits per heavy atom. The second-order valence-corrected chi connectivity index (χ2v) is 7.67. The molecular weight excluding hydrogens is 473 g/mol. The van der Waals surface area contributed by atoms with Crippen molar-refractivity contribution in [2.75, 3.05) is 33.7 Å². The van der Waals surface area contributed by atoms with E-state index in [-0.39, 0.29) is 35.9 Å². The highest BCUT2D eigenvalue weighted by molar-refractivity contribution is 14.0.